The fourth-order valence-corrected chi connectivity index (χ4v) is 2.44. The van der Waals surface area contributed by atoms with Crippen molar-refractivity contribution in [2.75, 3.05) is 13.1 Å². The van der Waals surface area contributed by atoms with Crippen LogP contribution in [0.3, 0.4) is 0 Å². The largest absolute Gasteiger partial charge is 0.366 e. The topological polar surface area (TPSA) is 63.4 Å². The Kier molecular flexibility index (Phi) is 4.27. The van der Waals surface area contributed by atoms with Crippen LogP contribution >= 0.6 is 0 Å². The fraction of sp³-hybridized carbons (Fsp3) is 0.429. The van der Waals surface area contributed by atoms with E-state index in [0.717, 1.165) is 25.7 Å². The van der Waals surface area contributed by atoms with Crippen molar-refractivity contribution in [2.45, 2.75) is 19.4 Å². The van der Waals surface area contributed by atoms with Crippen LogP contribution < -0.4 is 5.73 Å². The maximum Gasteiger partial charge on any atom is 0.248 e. The van der Waals surface area contributed by atoms with Crippen molar-refractivity contribution in [3.63, 3.8) is 0 Å². The summed E-state index contributed by atoms with van der Waals surface area (Å²) >= 11 is 0. The number of hydrogen-bond acceptors (Lipinski definition) is 3. The third kappa shape index (κ3) is 3.38. The number of hydrogen-bond donors (Lipinski definition) is 1. The monoisotopic (exact) mass is 264 g/mol. The molecule has 0 saturated carbocycles. The second-order valence-electron chi connectivity index (χ2n) is 4.94. The minimum absolute atomic E-state index is 0.0242. The highest BCUT2D eigenvalue weighted by atomic mass is 19.1. The molecule has 1 fully saturated rings. The molecule has 2 N–H and O–H groups in total. The number of nitrogens with two attached hydrogens (primary N) is 1. The lowest BCUT2D eigenvalue weighted by Gasteiger charge is -2.30. The van der Waals surface area contributed by atoms with Crippen LogP contribution in [-0.2, 0) is 11.3 Å². The van der Waals surface area contributed by atoms with E-state index < -0.39 is 5.91 Å². The smallest absolute Gasteiger partial charge is 0.248 e. The van der Waals surface area contributed by atoms with Gasteiger partial charge in [0.2, 0.25) is 5.91 Å². The van der Waals surface area contributed by atoms with Gasteiger partial charge in [-0.15, -0.1) is 0 Å². The number of halogens is 1. The SMILES string of the molecule is NC(=O)c1ccc(F)c(CN2CCCC(C=O)C2)c1. The predicted molar refractivity (Wildman–Crippen MR) is 69.0 cm³/mol. The molecular formula is C14H17FN2O2. The highest BCUT2D eigenvalue weighted by Crippen LogP contribution is 2.19. The zero-order valence-corrected chi connectivity index (χ0v) is 10.6. The summed E-state index contributed by atoms with van der Waals surface area (Å²) in [6, 6.07) is 4.13. The molecule has 2 rings (SSSR count). The third-order valence-electron chi connectivity index (χ3n) is 3.46. The lowest BCUT2D eigenvalue weighted by Crippen LogP contribution is -2.35. The van der Waals surface area contributed by atoms with Gasteiger partial charge in [0.1, 0.15) is 12.1 Å². The van der Waals surface area contributed by atoms with E-state index >= 15 is 0 Å². The van der Waals surface area contributed by atoms with Gasteiger partial charge in [0.25, 0.3) is 0 Å². The molecule has 102 valence electrons. The van der Waals surface area contributed by atoms with Gasteiger partial charge in [0.15, 0.2) is 0 Å². The molecule has 1 aliphatic heterocycles. The van der Waals surface area contributed by atoms with Crippen LogP contribution in [0.25, 0.3) is 0 Å². The molecule has 19 heavy (non-hydrogen) atoms. The molecule has 1 amide bonds. The molecule has 1 atom stereocenters. The first-order chi connectivity index (χ1) is 9.10. The van der Waals surface area contributed by atoms with Crippen LogP contribution in [-0.4, -0.2) is 30.2 Å². The first-order valence-electron chi connectivity index (χ1n) is 6.36. The zero-order valence-electron chi connectivity index (χ0n) is 10.6. The van der Waals surface area contributed by atoms with E-state index in [9.17, 15) is 14.0 Å². The number of carbonyl (C=O) groups is 2. The Labute approximate surface area is 111 Å². The van der Waals surface area contributed by atoms with Crippen LogP contribution in [0.2, 0.25) is 0 Å². The normalized spacial score (nSPS) is 20.2. The Hall–Kier alpha value is -1.75. The summed E-state index contributed by atoms with van der Waals surface area (Å²) in [6.45, 7) is 1.88. The first kappa shape index (κ1) is 13.7. The lowest BCUT2D eigenvalue weighted by molar-refractivity contribution is -0.112. The Morgan fingerprint density at radius 2 is 2.32 bits per heavy atom. The molecule has 4 nitrogen and oxygen atoms in total. The lowest BCUT2D eigenvalue weighted by atomic mass is 9.99. The van der Waals surface area contributed by atoms with Gasteiger partial charge in [0, 0.05) is 30.1 Å². The highest BCUT2D eigenvalue weighted by Gasteiger charge is 2.20. The first-order valence-corrected chi connectivity index (χ1v) is 6.36. The predicted octanol–water partition coefficient (Wildman–Crippen LogP) is 1.34. The Balaban J connectivity index is 2.11. The van der Waals surface area contributed by atoms with Gasteiger partial charge in [-0.05, 0) is 37.6 Å². The Morgan fingerprint density at radius 1 is 1.53 bits per heavy atom. The van der Waals surface area contributed by atoms with Crippen molar-refractivity contribution < 1.29 is 14.0 Å². The van der Waals surface area contributed by atoms with Gasteiger partial charge >= 0.3 is 0 Å². The molecule has 0 spiro atoms. The number of amides is 1. The minimum Gasteiger partial charge on any atom is -0.366 e. The average molecular weight is 264 g/mol. The van der Waals surface area contributed by atoms with Crippen molar-refractivity contribution in [1.29, 1.82) is 0 Å². The summed E-state index contributed by atoms with van der Waals surface area (Å²) in [5.74, 6) is -0.889. The number of benzene rings is 1. The number of nitrogens with zero attached hydrogens (tertiary/aromatic N) is 1. The second kappa shape index (κ2) is 5.93. The maximum atomic E-state index is 13.7. The van der Waals surface area contributed by atoms with Crippen molar-refractivity contribution >= 4 is 12.2 Å². The molecule has 0 bridgehead atoms. The van der Waals surface area contributed by atoms with E-state index in [1.807, 2.05) is 4.90 Å². The quantitative estimate of drug-likeness (QED) is 0.835. The summed E-state index contributed by atoms with van der Waals surface area (Å²) in [5, 5.41) is 0. The molecule has 1 unspecified atom stereocenters. The number of carbonyl (C=O) groups excluding carboxylic acids is 2. The molecular weight excluding hydrogens is 247 g/mol. The number of rotatable bonds is 4. The van der Waals surface area contributed by atoms with Crippen molar-refractivity contribution in [3.05, 3.63) is 35.1 Å². The van der Waals surface area contributed by atoms with Crippen LogP contribution in [0.1, 0.15) is 28.8 Å². The van der Waals surface area contributed by atoms with Crippen molar-refractivity contribution in [3.8, 4) is 0 Å². The van der Waals surface area contributed by atoms with Crippen LogP contribution in [0, 0.1) is 11.7 Å². The highest BCUT2D eigenvalue weighted by molar-refractivity contribution is 5.92. The van der Waals surface area contributed by atoms with Crippen LogP contribution in [0.4, 0.5) is 4.39 Å². The summed E-state index contributed by atoms with van der Waals surface area (Å²) < 4.78 is 13.7. The minimum atomic E-state index is -0.564. The summed E-state index contributed by atoms with van der Waals surface area (Å²) in [6.07, 6.45) is 2.78. The average Bonchev–Trinajstić information content (AvgIpc) is 2.41. The number of likely N-dealkylation sites (tertiary alicyclic amines) is 1. The van der Waals surface area contributed by atoms with Gasteiger partial charge in [-0.25, -0.2) is 4.39 Å². The Morgan fingerprint density at radius 3 is 3.00 bits per heavy atom. The van der Waals surface area contributed by atoms with Crippen LogP contribution in [0.15, 0.2) is 18.2 Å². The van der Waals surface area contributed by atoms with E-state index in [2.05, 4.69) is 0 Å². The molecule has 1 saturated heterocycles. The second-order valence-corrected chi connectivity index (χ2v) is 4.94. The van der Waals surface area contributed by atoms with E-state index in [1.165, 1.54) is 18.2 Å². The van der Waals surface area contributed by atoms with E-state index in [-0.39, 0.29) is 11.7 Å². The molecule has 0 aliphatic carbocycles. The number of primary amides is 1. The third-order valence-corrected chi connectivity index (χ3v) is 3.46. The van der Waals surface area contributed by atoms with E-state index in [1.54, 1.807) is 0 Å². The van der Waals surface area contributed by atoms with Gasteiger partial charge in [-0.1, -0.05) is 0 Å². The van der Waals surface area contributed by atoms with Crippen molar-refractivity contribution in [2.24, 2.45) is 11.7 Å². The standard InChI is InChI=1S/C14H17FN2O2/c15-13-4-3-11(14(16)19)6-12(13)8-17-5-1-2-10(7-17)9-18/h3-4,6,9-10H,1-2,5,7-8H2,(H2,16,19). The molecule has 0 radical (unpaired) electrons. The van der Waals surface area contributed by atoms with Gasteiger partial charge in [-0.3, -0.25) is 9.69 Å². The summed E-state index contributed by atoms with van der Waals surface area (Å²) in [7, 11) is 0. The number of piperidine rings is 1. The molecule has 1 heterocycles. The van der Waals surface area contributed by atoms with E-state index in [0.29, 0.717) is 24.2 Å². The Bertz CT molecular complexity index is 490. The fourth-order valence-electron chi connectivity index (χ4n) is 2.44. The molecule has 5 heteroatoms. The van der Waals surface area contributed by atoms with Crippen molar-refractivity contribution in [1.82, 2.24) is 4.90 Å². The molecule has 0 aromatic heterocycles. The molecule has 1 aromatic rings. The summed E-state index contributed by atoms with van der Waals surface area (Å²) in [4.78, 5) is 23.9. The number of aldehydes is 1. The zero-order chi connectivity index (χ0) is 13.8. The van der Waals surface area contributed by atoms with Gasteiger partial charge < -0.3 is 10.5 Å². The molecule has 1 aliphatic rings. The summed E-state index contributed by atoms with van der Waals surface area (Å²) in [5.41, 5.74) is 5.94. The van der Waals surface area contributed by atoms with E-state index in [4.69, 9.17) is 5.73 Å². The van der Waals surface area contributed by atoms with Crippen LogP contribution in [0.5, 0.6) is 0 Å². The van der Waals surface area contributed by atoms with Gasteiger partial charge in [-0.2, -0.15) is 0 Å². The molecule has 1 aromatic carbocycles. The maximum absolute atomic E-state index is 13.7. The van der Waals surface area contributed by atoms with Gasteiger partial charge in [0.05, 0.1) is 0 Å².